The molecule has 0 aliphatic carbocycles. The third-order valence-corrected chi connectivity index (χ3v) is 5.30. The first-order valence-corrected chi connectivity index (χ1v) is 9.46. The summed E-state index contributed by atoms with van der Waals surface area (Å²) in [4.78, 5) is 30.4. The lowest BCUT2D eigenvalue weighted by molar-refractivity contribution is 0.0716. The number of fused-ring (bicyclic) bond motifs is 2. The number of benzene rings is 2. The Balaban J connectivity index is 1.94. The summed E-state index contributed by atoms with van der Waals surface area (Å²) in [5.74, 6) is -0.0484. The van der Waals surface area contributed by atoms with Gasteiger partial charge in [-0.15, -0.1) is 0 Å². The Morgan fingerprint density at radius 3 is 2.36 bits per heavy atom. The maximum absolute atomic E-state index is 13.4. The molecule has 1 amide bonds. The second kappa shape index (κ2) is 6.91. The molecule has 144 valence electrons. The number of nitrogens with zero attached hydrogens (tertiary/aromatic N) is 2. The lowest BCUT2D eigenvalue weighted by atomic mass is 9.97. The molecule has 4 rings (SSSR count). The van der Waals surface area contributed by atoms with E-state index in [1.165, 1.54) is 0 Å². The average molecular weight is 376 g/mol. The lowest BCUT2D eigenvalue weighted by Crippen LogP contribution is -2.35. The molecule has 5 heteroatoms. The second-order valence-corrected chi connectivity index (χ2v) is 7.79. The van der Waals surface area contributed by atoms with E-state index >= 15 is 0 Å². The quantitative estimate of drug-likeness (QED) is 0.699. The van der Waals surface area contributed by atoms with E-state index in [1.54, 1.807) is 11.0 Å². The zero-order chi connectivity index (χ0) is 20.0. The molecule has 0 radical (unpaired) electrons. The molecule has 3 aromatic rings. The number of hydrogen-bond donors (Lipinski definition) is 0. The summed E-state index contributed by atoms with van der Waals surface area (Å²) in [5, 5.41) is 0.526. The van der Waals surface area contributed by atoms with Crippen LogP contribution in [0.4, 0.5) is 0 Å². The Morgan fingerprint density at radius 2 is 1.68 bits per heavy atom. The summed E-state index contributed by atoms with van der Waals surface area (Å²) in [5.41, 5.74) is 3.84. The third kappa shape index (κ3) is 3.02. The topological polar surface area (TPSA) is 53.8 Å². The van der Waals surface area contributed by atoms with Crippen molar-refractivity contribution in [1.82, 2.24) is 9.80 Å². The number of aryl methyl sites for hydroxylation is 2. The Labute approximate surface area is 164 Å². The first-order chi connectivity index (χ1) is 13.4. The molecule has 0 saturated heterocycles. The van der Waals surface area contributed by atoms with Crippen molar-refractivity contribution in [3.8, 4) is 0 Å². The van der Waals surface area contributed by atoms with Gasteiger partial charge in [0.2, 0.25) is 5.76 Å². The highest BCUT2D eigenvalue weighted by atomic mass is 16.3. The van der Waals surface area contributed by atoms with E-state index in [1.807, 2.05) is 69.2 Å². The van der Waals surface area contributed by atoms with Crippen LogP contribution in [0.3, 0.4) is 0 Å². The molecular formula is C23H24N2O3. The summed E-state index contributed by atoms with van der Waals surface area (Å²) in [7, 11) is 3.93. The van der Waals surface area contributed by atoms with Crippen molar-refractivity contribution in [3.05, 3.63) is 80.7 Å². The van der Waals surface area contributed by atoms with Gasteiger partial charge in [-0.1, -0.05) is 41.5 Å². The minimum Gasteiger partial charge on any atom is -0.450 e. The molecule has 0 saturated carbocycles. The predicted molar refractivity (Wildman–Crippen MR) is 110 cm³/mol. The summed E-state index contributed by atoms with van der Waals surface area (Å²) in [6.07, 6.45) is 0. The standard InChI is InChI=1S/C23H24N2O3/c1-14-5-8-16(9-6-14)20-19-21(26)17-13-15(2)7-10-18(17)28-22(19)23(27)25(20)12-11-24(3)4/h5-10,13,20H,11-12H2,1-4H3. The van der Waals surface area contributed by atoms with E-state index in [0.717, 1.165) is 16.7 Å². The molecule has 1 aromatic heterocycles. The predicted octanol–water partition coefficient (Wildman–Crippen LogP) is 3.52. The Hall–Kier alpha value is -2.92. The van der Waals surface area contributed by atoms with E-state index in [9.17, 15) is 9.59 Å². The minimum atomic E-state index is -0.427. The third-order valence-electron chi connectivity index (χ3n) is 5.30. The van der Waals surface area contributed by atoms with E-state index in [4.69, 9.17) is 4.42 Å². The highest BCUT2D eigenvalue weighted by Gasteiger charge is 2.42. The maximum Gasteiger partial charge on any atom is 0.290 e. The van der Waals surface area contributed by atoms with Gasteiger partial charge in [-0.3, -0.25) is 9.59 Å². The van der Waals surface area contributed by atoms with E-state index in [2.05, 4.69) is 0 Å². The van der Waals surface area contributed by atoms with Crippen molar-refractivity contribution in [2.45, 2.75) is 19.9 Å². The summed E-state index contributed by atoms with van der Waals surface area (Å²) >= 11 is 0. The normalized spacial score (nSPS) is 16.2. The van der Waals surface area contributed by atoms with Gasteiger partial charge in [-0.05, 0) is 45.6 Å². The molecule has 5 nitrogen and oxygen atoms in total. The Kier molecular flexibility index (Phi) is 4.55. The van der Waals surface area contributed by atoms with Crippen LogP contribution >= 0.6 is 0 Å². The average Bonchev–Trinajstić information content (AvgIpc) is 2.94. The molecule has 2 aromatic carbocycles. The van der Waals surface area contributed by atoms with Crippen molar-refractivity contribution >= 4 is 16.9 Å². The maximum atomic E-state index is 13.4. The molecule has 0 bridgehead atoms. The summed E-state index contributed by atoms with van der Waals surface area (Å²) in [6, 6.07) is 13.1. The number of rotatable bonds is 4. The van der Waals surface area contributed by atoms with Crippen molar-refractivity contribution in [1.29, 1.82) is 0 Å². The van der Waals surface area contributed by atoms with Gasteiger partial charge >= 0.3 is 0 Å². The van der Waals surface area contributed by atoms with Gasteiger partial charge in [0.15, 0.2) is 5.43 Å². The minimum absolute atomic E-state index is 0.119. The van der Waals surface area contributed by atoms with Gasteiger partial charge < -0.3 is 14.2 Å². The molecule has 28 heavy (non-hydrogen) atoms. The lowest BCUT2D eigenvalue weighted by Gasteiger charge is -2.26. The van der Waals surface area contributed by atoms with Gasteiger partial charge in [0.05, 0.1) is 17.0 Å². The molecule has 1 aliphatic rings. The van der Waals surface area contributed by atoms with Gasteiger partial charge in [-0.25, -0.2) is 0 Å². The van der Waals surface area contributed by atoms with Crippen LogP contribution < -0.4 is 5.43 Å². The molecule has 1 unspecified atom stereocenters. The number of hydrogen-bond acceptors (Lipinski definition) is 4. The van der Waals surface area contributed by atoms with Crippen molar-refractivity contribution < 1.29 is 9.21 Å². The van der Waals surface area contributed by atoms with Crippen LogP contribution in [0.15, 0.2) is 51.7 Å². The van der Waals surface area contributed by atoms with E-state index in [0.29, 0.717) is 29.6 Å². The molecule has 2 heterocycles. The smallest absolute Gasteiger partial charge is 0.290 e. The molecule has 0 spiro atoms. The summed E-state index contributed by atoms with van der Waals surface area (Å²) in [6.45, 7) is 5.18. The first kappa shape index (κ1) is 18.4. The fraction of sp³-hybridized carbons (Fsp3) is 0.304. The SMILES string of the molecule is Cc1ccc(C2c3c(oc4ccc(C)cc4c3=O)C(=O)N2CCN(C)C)cc1. The number of amides is 1. The fourth-order valence-electron chi connectivity index (χ4n) is 3.77. The van der Waals surface area contributed by atoms with Crippen LogP contribution in [0.25, 0.3) is 11.0 Å². The summed E-state index contributed by atoms with van der Waals surface area (Å²) < 4.78 is 5.96. The zero-order valence-corrected chi connectivity index (χ0v) is 16.7. The van der Waals surface area contributed by atoms with E-state index in [-0.39, 0.29) is 17.1 Å². The van der Waals surface area contributed by atoms with Crippen molar-refractivity contribution in [2.75, 3.05) is 27.2 Å². The van der Waals surface area contributed by atoms with Crippen LogP contribution in [0.2, 0.25) is 0 Å². The van der Waals surface area contributed by atoms with Crippen LogP contribution in [0, 0.1) is 13.8 Å². The molecule has 0 fully saturated rings. The van der Waals surface area contributed by atoms with Gasteiger partial charge in [0, 0.05) is 13.1 Å². The van der Waals surface area contributed by atoms with Crippen LogP contribution in [-0.4, -0.2) is 42.9 Å². The molecular weight excluding hydrogens is 352 g/mol. The Morgan fingerprint density at radius 1 is 1.00 bits per heavy atom. The van der Waals surface area contributed by atoms with E-state index < -0.39 is 6.04 Å². The van der Waals surface area contributed by atoms with Gasteiger partial charge in [0.1, 0.15) is 5.58 Å². The first-order valence-electron chi connectivity index (χ1n) is 9.46. The highest BCUT2D eigenvalue weighted by molar-refractivity contribution is 5.99. The monoisotopic (exact) mass is 376 g/mol. The largest absolute Gasteiger partial charge is 0.450 e. The van der Waals surface area contributed by atoms with Crippen molar-refractivity contribution in [3.63, 3.8) is 0 Å². The number of likely N-dealkylation sites (N-methyl/N-ethyl adjacent to an activating group) is 1. The number of carbonyl (C=O) groups excluding carboxylic acids is 1. The van der Waals surface area contributed by atoms with Crippen molar-refractivity contribution in [2.24, 2.45) is 0 Å². The Bertz CT molecular complexity index is 1110. The molecule has 1 atom stereocenters. The molecule has 0 N–H and O–H groups in total. The second-order valence-electron chi connectivity index (χ2n) is 7.79. The number of carbonyl (C=O) groups is 1. The highest BCUT2D eigenvalue weighted by Crippen LogP contribution is 2.38. The molecule has 1 aliphatic heterocycles. The fourth-order valence-corrected chi connectivity index (χ4v) is 3.77. The van der Waals surface area contributed by atoms with Gasteiger partial charge in [0.25, 0.3) is 5.91 Å². The van der Waals surface area contributed by atoms with Crippen LogP contribution in [0.1, 0.15) is 38.9 Å². The van der Waals surface area contributed by atoms with Crippen LogP contribution in [-0.2, 0) is 0 Å². The zero-order valence-electron chi connectivity index (χ0n) is 16.7. The van der Waals surface area contributed by atoms with Crippen LogP contribution in [0.5, 0.6) is 0 Å². The van der Waals surface area contributed by atoms with Gasteiger partial charge in [-0.2, -0.15) is 0 Å².